The van der Waals surface area contributed by atoms with Gasteiger partial charge in [-0.2, -0.15) is 4.98 Å². The van der Waals surface area contributed by atoms with Gasteiger partial charge in [0.1, 0.15) is 17.1 Å². The highest BCUT2D eigenvalue weighted by Gasteiger charge is 2.44. The number of fused-ring (bicyclic) bond motifs is 3. The number of hydrogen-bond donors (Lipinski definition) is 1. The summed E-state index contributed by atoms with van der Waals surface area (Å²) in [6.45, 7) is 10.4. The number of nitrogens with one attached hydrogen (secondary N) is 1. The molecular weight excluding hydrogens is 534 g/mol. The Kier molecular flexibility index (Phi) is 7.14. The molecule has 2 aliphatic heterocycles. The van der Waals surface area contributed by atoms with Crippen LogP contribution in [0.4, 0.5) is 22.2 Å². The molecule has 3 aromatic heterocycles. The van der Waals surface area contributed by atoms with Gasteiger partial charge in [-0.05, 0) is 78.0 Å². The van der Waals surface area contributed by atoms with Crippen molar-refractivity contribution >= 4 is 40.4 Å². The monoisotopic (exact) mass is 573 g/mol. The van der Waals surface area contributed by atoms with E-state index in [4.69, 9.17) is 9.72 Å². The number of carbonyl (C=O) groups is 2. The second kappa shape index (κ2) is 10.7. The summed E-state index contributed by atoms with van der Waals surface area (Å²) in [4.78, 5) is 56.8. The molecule has 1 N–H and O–H groups in total. The van der Waals surface area contributed by atoms with E-state index in [1.54, 1.807) is 17.7 Å². The number of carbonyl (C=O) groups excluding carboxylic acids is 2. The zero-order valence-electron chi connectivity index (χ0n) is 25.0. The first-order chi connectivity index (χ1) is 20.0. The zero-order valence-corrected chi connectivity index (χ0v) is 25.0. The van der Waals surface area contributed by atoms with E-state index in [0.29, 0.717) is 28.4 Å². The number of aromatic nitrogens is 4. The molecule has 6 rings (SSSR count). The van der Waals surface area contributed by atoms with E-state index in [1.807, 2.05) is 44.0 Å². The number of ketones is 1. The van der Waals surface area contributed by atoms with Crippen LogP contribution in [-0.2, 0) is 4.74 Å². The van der Waals surface area contributed by atoms with Gasteiger partial charge < -0.3 is 15.0 Å². The maximum atomic E-state index is 13.5. The van der Waals surface area contributed by atoms with E-state index in [9.17, 15) is 14.4 Å². The minimum absolute atomic E-state index is 0.0185. The molecule has 2 unspecified atom stereocenters. The lowest BCUT2D eigenvalue weighted by atomic mass is 10.0. The summed E-state index contributed by atoms with van der Waals surface area (Å²) in [7, 11) is 0. The number of amides is 1. The van der Waals surface area contributed by atoms with Crippen LogP contribution >= 0.6 is 0 Å². The number of ether oxygens (including phenoxy) is 1. The van der Waals surface area contributed by atoms with Gasteiger partial charge in [-0.3, -0.25) is 19.1 Å². The number of aryl methyl sites for hydroxylation is 1. The van der Waals surface area contributed by atoms with Crippen LogP contribution in [0.25, 0.3) is 11.0 Å². The highest BCUT2D eigenvalue weighted by molar-refractivity contribution is 5.99. The maximum absolute atomic E-state index is 13.5. The number of pyridine rings is 2. The molecule has 222 valence electrons. The van der Waals surface area contributed by atoms with Gasteiger partial charge in [-0.1, -0.05) is 12.8 Å². The van der Waals surface area contributed by atoms with Crippen LogP contribution in [0.15, 0.2) is 29.3 Å². The second-order valence-electron chi connectivity index (χ2n) is 12.8. The Hall–Kier alpha value is -4.02. The van der Waals surface area contributed by atoms with Crippen molar-refractivity contribution in [1.29, 1.82) is 0 Å². The lowest BCUT2D eigenvalue weighted by molar-refractivity contribution is 0.0123. The lowest BCUT2D eigenvalue weighted by Gasteiger charge is -2.42. The molecule has 0 spiro atoms. The minimum atomic E-state index is -0.514. The Bertz CT molecular complexity index is 1570. The molecule has 5 heterocycles. The van der Waals surface area contributed by atoms with Crippen molar-refractivity contribution in [3.05, 3.63) is 46.0 Å². The highest BCUT2D eigenvalue weighted by atomic mass is 16.6. The van der Waals surface area contributed by atoms with E-state index < -0.39 is 5.60 Å². The predicted octanol–water partition coefficient (Wildman–Crippen LogP) is 5.14. The van der Waals surface area contributed by atoms with Crippen LogP contribution in [0.2, 0.25) is 0 Å². The normalized spacial score (nSPS) is 20.8. The molecule has 1 aliphatic carbocycles. The van der Waals surface area contributed by atoms with Crippen LogP contribution in [0.1, 0.15) is 88.2 Å². The molecule has 2 atom stereocenters. The molecule has 42 heavy (non-hydrogen) atoms. The van der Waals surface area contributed by atoms with Crippen molar-refractivity contribution in [2.24, 2.45) is 0 Å². The smallest absolute Gasteiger partial charge is 0.410 e. The summed E-state index contributed by atoms with van der Waals surface area (Å²) < 4.78 is 7.37. The van der Waals surface area contributed by atoms with Gasteiger partial charge >= 0.3 is 6.09 Å². The fourth-order valence-electron chi connectivity index (χ4n) is 6.80. The lowest BCUT2D eigenvalue weighted by Crippen LogP contribution is -2.56. The van der Waals surface area contributed by atoms with Gasteiger partial charge in [-0.15, -0.1) is 0 Å². The third kappa shape index (κ3) is 5.20. The van der Waals surface area contributed by atoms with Crippen molar-refractivity contribution in [1.82, 2.24) is 24.4 Å². The van der Waals surface area contributed by atoms with Gasteiger partial charge in [-0.25, -0.2) is 14.8 Å². The largest absolute Gasteiger partial charge is 0.444 e. The first kappa shape index (κ1) is 28.1. The standard InChI is InChI=1S/C31H39N7O4/c1-18-24-15-33-29(35-27(24)38(20-8-6-7-9-20)28(40)26(18)19(2)39)34-25-13-12-21(14-32-25)36-16-22-10-11-23(17-36)37(22)30(41)42-31(3,4)5/h12-15,20,22-23H,6-11,16-17H2,1-5H3,(H,32,33,34,35). The topological polar surface area (TPSA) is 123 Å². The van der Waals surface area contributed by atoms with Crippen molar-refractivity contribution < 1.29 is 14.3 Å². The van der Waals surface area contributed by atoms with E-state index in [0.717, 1.165) is 57.3 Å². The van der Waals surface area contributed by atoms with Gasteiger partial charge in [0, 0.05) is 30.7 Å². The Morgan fingerprint density at radius 3 is 2.26 bits per heavy atom. The first-order valence-corrected chi connectivity index (χ1v) is 14.9. The summed E-state index contributed by atoms with van der Waals surface area (Å²) in [5.41, 5.74) is 1.58. The minimum Gasteiger partial charge on any atom is -0.444 e. The van der Waals surface area contributed by atoms with Gasteiger partial charge in [0.2, 0.25) is 5.95 Å². The van der Waals surface area contributed by atoms with Crippen molar-refractivity contribution in [2.45, 2.75) is 96.9 Å². The summed E-state index contributed by atoms with van der Waals surface area (Å²) in [6, 6.07) is 4.15. The van der Waals surface area contributed by atoms with E-state index in [1.165, 1.54) is 6.92 Å². The summed E-state index contributed by atoms with van der Waals surface area (Å²) in [5.74, 6) is 0.685. The number of nitrogens with zero attached hydrogens (tertiary/aromatic N) is 6. The second-order valence-corrected chi connectivity index (χ2v) is 12.8. The summed E-state index contributed by atoms with van der Waals surface area (Å²) in [6.07, 6.45) is 9.08. The van der Waals surface area contributed by atoms with Crippen molar-refractivity contribution in [3.63, 3.8) is 0 Å². The predicted molar refractivity (Wildman–Crippen MR) is 161 cm³/mol. The van der Waals surface area contributed by atoms with E-state index >= 15 is 0 Å². The van der Waals surface area contributed by atoms with Crippen LogP contribution in [0.3, 0.4) is 0 Å². The van der Waals surface area contributed by atoms with Crippen LogP contribution < -0.4 is 15.8 Å². The third-order valence-electron chi connectivity index (χ3n) is 8.69. The third-order valence-corrected chi connectivity index (χ3v) is 8.69. The van der Waals surface area contributed by atoms with Gasteiger partial charge in [0.05, 0.1) is 29.5 Å². The van der Waals surface area contributed by atoms with E-state index in [2.05, 4.69) is 20.2 Å². The van der Waals surface area contributed by atoms with Crippen LogP contribution in [-0.4, -0.2) is 67.1 Å². The number of anilines is 3. The Morgan fingerprint density at radius 2 is 1.67 bits per heavy atom. The molecule has 1 amide bonds. The molecule has 11 heteroatoms. The molecule has 2 bridgehead atoms. The van der Waals surface area contributed by atoms with Crippen molar-refractivity contribution in [3.8, 4) is 0 Å². The van der Waals surface area contributed by atoms with Crippen LogP contribution in [0.5, 0.6) is 0 Å². The first-order valence-electron chi connectivity index (χ1n) is 14.9. The fourth-order valence-corrected chi connectivity index (χ4v) is 6.80. The molecule has 3 aliphatic rings. The molecule has 3 fully saturated rings. The molecule has 0 radical (unpaired) electrons. The van der Waals surface area contributed by atoms with Crippen LogP contribution in [0, 0.1) is 6.92 Å². The Morgan fingerprint density at radius 1 is 0.976 bits per heavy atom. The maximum Gasteiger partial charge on any atom is 0.410 e. The fraction of sp³-hybridized carbons (Fsp3) is 0.548. The Balaban J connectivity index is 1.22. The number of hydrogen-bond acceptors (Lipinski definition) is 9. The molecular formula is C31H39N7O4. The number of rotatable bonds is 5. The molecule has 0 aromatic carbocycles. The van der Waals surface area contributed by atoms with Gasteiger partial charge in [0.25, 0.3) is 5.56 Å². The summed E-state index contributed by atoms with van der Waals surface area (Å²) >= 11 is 0. The number of piperazine rings is 1. The molecule has 3 aromatic rings. The molecule has 1 saturated carbocycles. The molecule has 2 saturated heterocycles. The molecule has 11 nitrogen and oxygen atoms in total. The SMILES string of the molecule is CC(=O)c1c(C)c2cnc(Nc3ccc(N4CC5CCC(C4)N5C(=O)OC(C)(C)C)cn3)nc2n(C2CCCC2)c1=O. The highest BCUT2D eigenvalue weighted by Crippen LogP contribution is 2.35. The summed E-state index contributed by atoms with van der Waals surface area (Å²) in [5, 5.41) is 3.90. The zero-order chi connectivity index (χ0) is 29.8. The quantitative estimate of drug-likeness (QED) is 0.413. The number of Topliss-reactive ketones (excluding diaryl/α,β-unsaturated/α-hetero) is 1. The average Bonchev–Trinajstić information content (AvgIpc) is 3.54. The van der Waals surface area contributed by atoms with Crippen molar-refractivity contribution in [2.75, 3.05) is 23.3 Å². The van der Waals surface area contributed by atoms with Gasteiger partial charge in [0.15, 0.2) is 5.78 Å². The average molecular weight is 574 g/mol. The Labute approximate surface area is 245 Å². The van der Waals surface area contributed by atoms with E-state index in [-0.39, 0.29) is 41.1 Å².